The third kappa shape index (κ3) is 5.12. The number of hydrogen-bond donors (Lipinski definition) is 1. The van der Waals surface area contributed by atoms with Gasteiger partial charge in [0.05, 0.1) is 0 Å². The molecule has 0 aliphatic carbocycles. The number of rotatable bonds is 5. The summed E-state index contributed by atoms with van der Waals surface area (Å²) < 4.78 is 32.2. The summed E-state index contributed by atoms with van der Waals surface area (Å²) >= 11 is 0. The minimum Gasteiger partial charge on any atom is -0.338 e. The molecule has 10 heteroatoms. The van der Waals surface area contributed by atoms with Crippen molar-refractivity contribution in [3.05, 3.63) is 54.7 Å². The van der Waals surface area contributed by atoms with Gasteiger partial charge in [0.2, 0.25) is 27.6 Å². The maximum absolute atomic E-state index is 12.7. The van der Waals surface area contributed by atoms with Crippen LogP contribution < -0.4 is 5.32 Å². The molecule has 3 heterocycles. The molecule has 174 valence electrons. The molecule has 1 saturated heterocycles. The summed E-state index contributed by atoms with van der Waals surface area (Å²) in [7, 11) is -3.59. The lowest BCUT2D eigenvalue weighted by Gasteiger charge is -2.30. The molecule has 0 bridgehead atoms. The normalized spacial score (nSPS) is 16.0. The van der Waals surface area contributed by atoms with Crippen molar-refractivity contribution in [3.8, 4) is 11.4 Å². The Morgan fingerprint density at radius 1 is 1.12 bits per heavy atom. The number of aromatic nitrogens is 3. The molecule has 0 atom stereocenters. The molecule has 0 radical (unpaired) electrons. The van der Waals surface area contributed by atoms with Gasteiger partial charge in [-0.25, -0.2) is 8.42 Å². The molecule has 2 aromatic heterocycles. The van der Waals surface area contributed by atoms with E-state index in [-0.39, 0.29) is 22.1 Å². The number of benzene rings is 1. The maximum Gasteiger partial charge on any atom is 0.244 e. The third-order valence-corrected chi connectivity index (χ3v) is 7.46. The topological polar surface area (TPSA) is 118 Å². The van der Waals surface area contributed by atoms with E-state index >= 15 is 0 Å². The second kappa shape index (κ2) is 9.03. The number of hydrogen-bond acceptors (Lipinski definition) is 7. The summed E-state index contributed by atoms with van der Waals surface area (Å²) in [5.74, 6) is 0.694. The number of nitrogens with zero attached hydrogens (tertiary/aromatic N) is 4. The van der Waals surface area contributed by atoms with Crippen LogP contribution in [0, 0.1) is 5.92 Å². The Balaban J connectivity index is 1.34. The second-order valence-corrected chi connectivity index (χ2v) is 11.0. The fourth-order valence-corrected chi connectivity index (χ4v) is 5.03. The van der Waals surface area contributed by atoms with Crippen molar-refractivity contribution in [2.45, 2.75) is 43.9 Å². The average molecular weight is 470 g/mol. The highest BCUT2D eigenvalue weighted by molar-refractivity contribution is 7.89. The zero-order chi connectivity index (χ0) is 23.6. The molecule has 4 rings (SSSR count). The smallest absolute Gasteiger partial charge is 0.244 e. The number of piperidine rings is 1. The van der Waals surface area contributed by atoms with Crippen molar-refractivity contribution in [1.82, 2.24) is 19.4 Å². The van der Waals surface area contributed by atoms with Crippen molar-refractivity contribution >= 4 is 21.6 Å². The van der Waals surface area contributed by atoms with Gasteiger partial charge in [-0.15, -0.1) is 0 Å². The Bertz CT molecular complexity index is 1210. The van der Waals surface area contributed by atoms with E-state index in [0.29, 0.717) is 43.3 Å². The highest BCUT2D eigenvalue weighted by atomic mass is 32.2. The molecule has 1 aromatic carbocycles. The van der Waals surface area contributed by atoms with Crippen molar-refractivity contribution < 1.29 is 17.7 Å². The van der Waals surface area contributed by atoms with Gasteiger partial charge >= 0.3 is 0 Å². The predicted molar refractivity (Wildman–Crippen MR) is 123 cm³/mol. The second-order valence-electron chi connectivity index (χ2n) is 9.11. The minimum absolute atomic E-state index is 0.115. The standard InChI is InChI=1S/C23H27N5O4S/c1-23(2,3)22-26-20(27-32-22)16-6-8-18(9-7-16)25-21(29)17-10-13-28(14-11-17)33(30,31)19-5-4-12-24-15-19/h4-9,12,15,17H,10-11,13-14H2,1-3H3,(H,25,29). The Hall–Kier alpha value is -3.11. The van der Waals surface area contributed by atoms with Gasteiger partial charge in [-0.2, -0.15) is 9.29 Å². The van der Waals surface area contributed by atoms with Crippen LogP contribution in [0.25, 0.3) is 11.4 Å². The van der Waals surface area contributed by atoms with Crippen LogP contribution in [-0.2, 0) is 20.2 Å². The number of pyridine rings is 1. The van der Waals surface area contributed by atoms with Gasteiger partial charge in [0, 0.05) is 48.1 Å². The highest BCUT2D eigenvalue weighted by Gasteiger charge is 2.32. The predicted octanol–water partition coefficient (Wildman–Crippen LogP) is 3.47. The summed E-state index contributed by atoms with van der Waals surface area (Å²) in [6.45, 7) is 6.59. The molecule has 9 nitrogen and oxygen atoms in total. The lowest BCUT2D eigenvalue weighted by Crippen LogP contribution is -2.41. The average Bonchev–Trinajstić information content (AvgIpc) is 3.31. The van der Waals surface area contributed by atoms with Crippen LogP contribution in [0.15, 0.2) is 58.2 Å². The van der Waals surface area contributed by atoms with Gasteiger partial charge in [0.15, 0.2) is 0 Å². The third-order valence-electron chi connectivity index (χ3n) is 5.58. The Kier molecular flexibility index (Phi) is 6.31. The fraction of sp³-hybridized carbons (Fsp3) is 0.391. The van der Waals surface area contributed by atoms with E-state index in [1.54, 1.807) is 18.2 Å². The largest absolute Gasteiger partial charge is 0.338 e. The zero-order valence-electron chi connectivity index (χ0n) is 18.9. The van der Waals surface area contributed by atoms with Gasteiger partial charge in [0.1, 0.15) is 4.90 Å². The van der Waals surface area contributed by atoms with Crippen molar-refractivity contribution in [1.29, 1.82) is 0 Å². The Morgan fingerprint density at radius 2 is 1.82 bits per heavy atom. The van der Waals surface area contributed by atoms with E-state index < -0.39 is 10.0 Å². The monoisotopic (exact) mass is 469 g/mol. The van der Waals surface area contributed by atoms with E-state index in [1.807, 2.05) is 32.9 Å². The lowest BCUT2D eigenvalue weighted by atomic mass is 9.97. The Labute approximate surface area is 193 Å². The van der Waals surface area contributed by atoms with E-state index in [1.165, 1.54) is 22.8 Å². The molecule has 0 saturated carbocycles. The first kappa shape index (κ1) is 23.1. The van der Waals surface area contributed by atoms with E-state index in [2.05, 4.69) is 20.4 Å². The fourth-order valence-electron chi connectivity index (χ4n) is 3.60. The molecule has 3 aromatic rings. The minimum atomic E-state index is -3.59. The van der Waals surface area contributed by atoms with Crippen LogP contribution in [-0.4, -0.2) is 46.8 Å². The Morgan fingerprint density at radius 3 is 2.39 bits per heavy atom. The molecule has 0 unspecified atom stereocenters. The summed E-state index contributed by atoms with van der Waals surface area (Å²) in [5, 5.41) is 6.96. The number of carbonyl (C=O) groups excluding carboxylic acids is 1. The zero-order valence-corrected chi connectivity index (χ0v) is 19.7. The molecular formula is C23H27N5O4S. The van der Waals surface area contributed by atoms with Crippen molar-refractivity contribution in [2.24, 2.45) is 5.92 Å². The van der Waals surface area contributed by atoms with Crippen LogP contribution in [0.3, 0.4) is 0 Å². The molecule has 1 fully saturated rings. The van der Waals surface area contributed by atoms with Crippen LogP contribution in [0.2, 0.25) is 0 Å². The SMILES string of the molecule is CC(C)(C)c1nc(-c2ccc(NC(=O)C3CCN(S(=O)(=O)c4cccnc4)CC3)cc2)no1. The first-order chi connectivity index (χ1) is 15.6. The van der Waals surface area contributed by atoms with Gasteiger partial charge in [-0.05, 0) is 49.2 Å². The van der Waals surface area contributed by atoms with Crippen LogP contribution >= 0.6 is 0 Å². The maximum atomic E-state index is 12.7. The quantitative estimate of drug-likeness (QED) is 0.608. The highest BCUT2D eigenvalue weighted by Crippen LogP contribution is 2.26. The van der Waals surface area contributed by atoms with Gasteiger partial charge in [-0.1, -0.05) is 25.9 Å². The van der Waals surface area contributed by atoms with E-state index in [9.17, 15) is 13.2 Å². The number of amides is 1. The summed E-state index contributed by atoms with van der Waals surface area (Å²) in [6, 6.07) is 10.4. The first-order valence-electron chi connectivity index (χ1n) is 10.8. The number of anilines is 1. The number of sulfonamides is 1. The number of nitrogens with one attached hydrogen (secondary N) is 1. The number of carbonyl (C=O) groups is 1. The van der Waals surface area contributed by atoms with Gasteiger partial charge in [0.25, 0.3) is 0 Å². The molecule has 33 heavy (non-hydrogen) atoms. The molecule has 1 aliphatic rings. The molecule has 1 amide bonds. The summed E-state index contributed by atoms with van der Waals surface area (Å²) in [4.78, 5) is 21.2. The van der Waals surface area contributed by atoms with Crippen LogP contribution in [0.5, 0.6) is 0 Å². The van der Waals surface area contributed by atoms with Crippen molar-refractivity contribution in [3.63, 3.8) is 0 Å². The van der Waals surface area contributed by atoms with E-state index in [4.69, 9.17) is 4.52 Å². The lowest BCUT2D eigenvalue weighted by molar-refractivity contribution is -0.120. The first-order valence-corrected chi connectivity index (χ1v) is 12.2. The van der Waals surface area contributed by atoms with Gasteiger partial charge in [-0.3, -0.25) is 9.78 Å². The summed E-state index contributed by atoms with van der Waals surface area (Å²) in [5.41, 5.74) is 1.22. The summed E-state index contributed by atoms with van der Waals surface area (Å²) in [6.07, 6.45) is 3.80. The molecule has 1 aliphatic heterocycles. The molecule has 1 N–H and O–H groups in total. The molecule has 0 spiro atoms. The van der Waals surface area contributed by atoms with Crippen molar-refractivity contribution in [2.75, 3.05) is 18.4 Å². The van der Waals surface area contributed by atoms with Crippen LogP contribution in [0.1, 0.15) is 39.5 Å². The van der Waals surface area contributed by atoms with E-state index in [0.717, 1.165) is 5.56 Å². The van der Waals surface area contributed by atoms with Crippen LogP contribution in [0.4, 0.5) is 5.69 Å². The molecular weight excluding hydrogens is 442 g/mol. The van der Waals surface area contributed by atoms with Gasteiger partial charge < -0.3 is 9.84 Å².